The average Bonchev–Trinajstić information content (AvgIpc) is 2.82. The SMILES string of the molecule is CCCNc1cc(Oc2cc(C)[nH]n2)nc(COC)n1. The Balaban J connectivity index is 2.18. The number of methoxy groups -OCH3 is 1. The summed E-state index contributed by atoms with van der Waals surface area (Å²) < 4.78 is 10.7. The van der Waals surface area contributed by atoms with Crippen LogP contribution in [0.5, 0.6) is 11.8 Å². The molecule has 20 heavy (non-hydrogen) atoms. The van der Waals surface area contributed by atoms with Crippen molar-refractivity contribution in [3.8, 4) is 11.8 Å². The highest BCUT2D eigenvalue weighted by Crippen LogP contribution is 2.20. The van der Waals surface area contributed by atoms with Gasteiger partial charge in [0.2, 0.25) is 11.8 Å². The summed E-state index contributed by atoms with van der Waals surface area (Å²) in [5.74, 6) is 2.20. The van der Waals surface area contributed by atoms with E-state index in [0.29, 0.717) is 24.2 Å². The Kier molecular flexibility index (Phi) is 4.89. The van der Waals surface area contributed by atoms with Crippen molar-refractivity contribution in [1.82, 2.24) is 20.2 Å². The van der Waals surface area contributed by atoms with Crippen LogP contribution in [0.15, 0.2) is 12.1 Å². The molecule has 2 rings (SSSR count). The van der Waals surface area contributed by atoms with Crippen LogP contribution in [0.3, 0.4) is 0 Å². The second-order valence-corrected chi connectivity index (χ2v) is 4.36. The van der Waals surface area contributed by atoms with Gasteiger partial charge < -0.3 is 14.8 Å². The molecule has 0 fully saturated rings. The Morgan fingerprint density at radius 2 is 2.10 bits per heavy atom. The van der Waals surface area contributed by atoms with Crippen molar-refractivity contribution in [3.63, 3.8) is 0 Å². The number of anilines is 1. The Labute approximate surface area is 117 Å². The fourth-order valence-corrected chi connectivity index (χ4v) is 1.61. The maximum atomic E-state index is 5.62. The standard InChI is InChI=1S/C13H19N5O2/c1-4-5-14-10-7-12(16-11(15-10)8-19-3)20-13-6-9(2)17-18-13/h6-7H,4-5,8H2,1-3H3,(H,17,18)(H,14,15,16). The van der Waals surface area contributed by atoms with Crippen molar-refractivity contribution < 1.29 is 9.47 Å². The summed E-state index contributed by atoms with van der Waals surface area (Å²) in [6.45, 7) is 5.17. The van der Waals surface area contributed by atoms with Crippen LogP contribution in [0.25, 0.3) is 0 Å². The second-order valence-electron chi connectivity index (χ2n) is 4.36. The van der Waals surface area contributed by atoms with Gasteiger partial charge in [-0.15, -0.1) is 5.10 Å². The minimum atomic E-state index is 0.331. The molecule has 0 spiro atoms. The van der Waals surface area contributed by atoms with Gasteiger partial charge in [0.25, 0.3) is 0 Å². The van der Waals surface area contributed by atoms with E-state index in [1.165, 1.54) is 0 Å². The highest BCUT2D eigenvalue weighted by molar-refractivity contribution is 5.39. The van der Waals surface area contributed by atoms with E-state index in [1.807, 2.05) is 6.92 Å². The van der Waals surface area contributed by atoms with Crippen LogP contribution in [-0.2, 0) is 11.3 Å². The summed E-state index contributed by atoms with van der Waals surface area (Å²) in [6, 6.07) is 3.55. The molecule has 0 atom stereocenters. The van der Waals surface area contributed by atoms with Crippen molar-refractivity contribution >= 4 is 5.82 Å². The number of nitrogens with one attached hydrogen (secondary N) is 2. The van der Waals surface area contributed by atoms with Crippen LogP contribution in [0, 0.1) is 6.92 Å². The third kappa shape index (κ3) is 3.92. The van der Waals surface area contributed by atoms with Crippen LogP contribution in [-0.4, -0.2) is 33.8 Å². The lowest BCUT2D eigenvalue weighted by Gasteiger charge is -2.08. The van der Waals surface area contributed by atoms with E-state index >= 15 is 0 Å². The van der Waals surface area contributed by atoms with Crippen molar-refractivity contribution in [1.29, 1.82) is 0 Å². The molecule has 0 aliphatic rings. The third-order valence-corrected chi connectivity index (χ3v) is 2.47. The molecular weight excluding hydrogens is 258 g/mol. The summed E-state index contributed by atoms with van der Waals surface area (Å²) in [6.07, 6.45) is 1.01. The Morgan fingerprint density at radius 1 is 1.25 bits per heavy atom. The first-order valence-electron chi connectivity index (χ1n) is 6.52. The topological polar surface area (TPSA) is 85.0 Å². The summed E-state index contributed by atoms with van der Waals surface area (Å²) >= 11 is 0. The predicted molar refractivity (Wildman–Crippen MR) is 74.9 cm³/mol. The van der Waals surface area contributed by atoms with Crippen LogP contribution < -0.4 is 10.1 Å². The molecule has 2 aromatic rings. The van der Waals surface area contributed by atoms with Crippen molar-refractivity contribution in [2.24, 2.45) is 0 Å². The fraction of sp³-hybridized carbons (Fsp3) is 0.462. The van der Waals surface area contributed by atoms with Gasteiger partial charge in [-0.05, 0) is 13.3 Å². The molecule has 0 aliphatic carbocycles. The number of H-pyrrole nitrogens is 1. The average molecular weight is 277 g/mol. The summed E-state index contributed by atoms with van der Waals surface area (Å²) in [4.78, 5) is 8.64. The molecule has 2 heterocycles. The molecule has 2 aromatic heterocycles. The zero-order valence-electron chi connectivity index (χ0n) is 11.9. The number of aromatic nitrogens is 4. The monoisotopic (exact) mass is 277 g/mol. The van der Waals surface area contributed by atoms with Gasteiger partial charge in [-0.2, -0.15) is 4.98 Å². The molecular formula is C13H19N5O2. The molecule has 0 unspecified atom stereocenters. The minimum absolute atomic E-state index is 0.331. The van der Waals surface area contributed by atoms with Gasteiger partial charge in [0, 0.05) is 31.5 Å². The molecule has 0 saturated carbocycles. The summed E-state index contributed by atoms with van der Waals surface area (Å²) in [5.41, 5.74) is 0.926. The molecule has 7 nitrogen and oxygen atoms in total. The van der Waals surface area contributed by atoms with Gasteiger partial charge in [0.15, 0.2) is 5.82 Å². The van der Waals surface area contributed by atoms with Gasteiger partial charge >= 0.3 is 0 Å². The van der Waals surface area contributed by atoms with Crippen molar-refractivity contribution in [2.45, 2.75) is 26.9 Å². The molecule has 0 radical (unpaired) electrons. The van der Waals surface area contributed by atoms with E-state index in [9.17, 15) is 0 Å². The first kappa shape index (κ1) is 14.3. The molecule has 0 saturated heterocycles. The van der Waals surface area contributed by atoms with E-state index in [-0.39, 0.29) is 0 Å². The van der Waals surface area contributed by atoms with Crippen molar-refractivity contribution in [3.05, 3.63) is 23.7 Å². The smallest absolute Gasteiger partial charge is 0.240 e. The molecule has 2 N–H and O–H groups in total. The largest absolute Gasteiger partial charge is 0.419 e. The Hall–Kier alpha value is -2.15. The van der Waals surface area contributed by atoms with Crippen LogP contribution in [0.4, 0.5) is 5.82 Å². The van der Waals surface area contributed by atoms with Crippen LogP contribution in [0.1, 0.15) is 24.9 Å². The minimum Gasteiger partial charge on any atom is -0.419 e. The number of hydrogen-bond donors (Lipinski definition) is 2. The number of aryl methyl sites for hydroxylation is 1. The van der Waals surface area contributed by atoms with E-state index in [4.69, 9.17) is 9.47 Å². The molecule has 0 aliphatic heterocycles. The van der Waals surface area contributed by atoms with Gasteiger partial charge in [-0.1, -0.05) is 6.92 Å². The summed E-state index contributed by atoms with van der Waals surface area (Å²) in [7, 11) is 1.60. The fourth-order valence-electron chi connectivity index (χ4n) is 1.61. The first-order chi connectivity index (χ1) is 9.71. The van der Waals surface area contributed by atoms with E-state index in [0.717, 1.165) is 24.5 Å². The third-order valence-electron chi connectivity index (χ3n) is 2.47. The maximum absolute atomic E-state index is 5.62. The second kappa shape index (κ2) is 6.85. The number of nitrogens with zero attached hydrogens (tertiary/aromatic N) is 3. The zero-order valence-corrected chi connectivity index (χ0v) is 11.9. The number of hydrogen-bond acceptors (Lipinski definition) is 6. The number of aromatic amines is 1. The lowest BCUT2D eigenvalue weighted by atomic mass is 10.4. The summed E-state index contributed by atoms with van der Waals surface area (Å²) in [5, 5.41) is 10.0. The molecule has 0 amide bonds. The van der Waals surface area contributed by atoms with Crippen molar-refractivity contribution in [2.75, 3.05) is 19.0 Å². The molecule has 7 heteroatoms. The normalized spacial score (nSPS) is 10.6. The van der Waals surface area contributed by atoms with Gasteiger partial charge in [0.1, 0.15) is 12.4 Å². The molecule has 108 valence electrons. The van der Waals surface area contributed by atoms with E-state index in [2.05, 4.69) is 32.4 Å². The van der Waals surface area contributed by atoms with Crippen LogP contribution >= 0.6 is 0 Å². The number of rotatable bonds is 7. The Bertz CT molecular complexity index is 555. The van der Waals surface area contributed by atoms with Gasteiger partial charge in [-0.25, -0.2) is 4.98 Å². The number of ether oxygens (including phenoxy) is 2. The zero-order chi connectivity index (χ0) is 14.4. The molecule has 0 bridgehead atoms. The lowest BCUT2D eigenvalue weighted by molar-refractivity contribution is 0.177. The highest BCUT2D eigenvalue weighted by Gasteiger charge is 2.08. The maximum Gasteiger partial charge on any atom is 0.240 e. The predicted octanol–water partition coefficient (Wildman–Crippen LogP) is 2.27. The van der Waals surface area contributed by atoms with Gasteiger partial charge in [-0.3, -0.25) is 5.10 Å². The van der Waals surface area contributed by atoms with E-state index < -0.39 is 0 Å². The molecule has 0 aromatic carbocycles. The van der Waals surface area contributed by atoms with E-state index in [1.54, 1.807) is 19.2 Å². The Morgan fingerprint density at radius 3 is 2.75 bits per heavy atom. The lowest BCUT2D eigenvalue weighted by Crippen LogP contribution is -2.06. The quantitative estimate of drug-likeness (QED) is 0.807. The highest BCUT2D eigenvalue weighted by atomic mass is 16.5. The van der Waals surface area contributed by atoms with Gasteiger partial charge in [0.05, 0.1) is 0 Å². The first-order valence-corrected chi connectivity index (χ1v) is 6.52. The van der Waals surface area contributed by atoms with Crippen LogP contribution in [0.2, 0.25) is 0 Å².